The van der Waals surface area contributed by atoms with Gasteiger partial charge in [0, 0.05) is 29.9 Å². The van der Waals surface area contributed by atoms with Crippen LogP contribution in [0.25, 0.3) is 0 Å². The SMILES string of the molecule is COC(=O)Nc1ccc(S(=O)(=O)NC[C@@H](OC)c2ccccc2Cl)cc1. The predicted octanol–water partition coefficient (Wildman–Crippen LogP) is 3.18. The maximum Gasteiger partial charge on any atom is 0.411 e. The fourth-order valence-corrected chi connectivity index (χ4v) is 3.50. The molecule has 0 aliphatic carbocycles. The first-order chi connectivity index (χ1) is 12.4. The summed E-state index contributed by atoms with van der Waals surface area (Å²) in [4.78, 5) is 11.2. The number of carbonyl (C=O) groups excluding carboxylic acids is 1. The maximum atomic E-state index is 12.4. The average molecular weight is 399 g/mol. The van der Waals surface area contributed by atoms with Crippen LogP contribution in [0, 0.1) is 0 Å². The van der Waals surface area contributed by atoms with Crippen molar-refractivity contribution in [3.8, 4) is 0 Å². The van der Waals surface area contributed by atoms with E-state index in [0.717, 1.165) is 0 Å². The van der Waals surface area contributed by atoms with Gasteiger partial charge in [-0.05, 0) is 30.3 Å². The molecular formula is C17H19ClN2O5S. The van der Waals surface area contributed by atoms with Crippen LogP contribution in [-0.4, -0.2) is 35.3 Å². The topological polar surface area (TPSA) is 93.7 Å². The zero-order valence-electron chi connectivity index (χ0n) is 14.2. The molecule has 26 heavy (non-hydrogen) atoms. The summed E-state index contributed by atoms with van der Waals surface area (Å²) in [5.41, 5.74) is 1.11. The van der Waals surface area contributed by atoms with Crippen molar-refractivity contribution in [1.29, 1.82) is 0 Å². The molecule has 0 spiro atoms. The Morgan fingerprint density at radius 3 is 2.35 bits per heavy atom. The van der Waals surface area contributed by atoms with Crippen molar-refractivity contribution in [2.24, 2.45) is 0 Å². The predicted molar refractivity (Wildman–Crippen MR) is 98.9 cm³/mol. The van der Waals surface area contributed by atoms with E-state index in [1.54, 1.807) is 24.3 Å². The van der Waals surface area contributed by atoms with Crippen molar-refractivity contribution in [3.63, 3.8) is 0 Å². The Bertz CT molecular complexity index is 856. The summed E-state index contributed by atoms with van der Waals surface area (Å²) in [5.74, 6) is 0. The number of ether oxygens (including phenoxy) is 2. The Morgan fingerprint density at radius 2 is 1.77 bits per heavy atom. The number of carbonyl (C=O) groups is 1. The number of sulfonamides is 1. The third kappa shape index (κ3) is 5.18. The molecule has 9 heteroatoms. The van der Waals surface area contributed by atoms with Crippen LogP contribution in [0.5, 0.6) is 0 Å². The summed E-state index contributed by atoms with van der Waals surface area (Å²) in [6, 6.07) is 12.8. The standard InChI is InChI=1S/C17H19ClN2O5S/c1-24-16(14-5-3-4-6-15(14)18)11-19-26(22,23)13-9-7-12(8-10-13)20-17(21)25-2/h3-10,16,19H,11H2,1-2H3,(H,20,21)/t16-/m1/s1. The molecule has 0 saturated carbocycles. The summed E-state index contributed by atoms with van der Waals surface area (Å²) in [6.07, 6.45) is -1.17. The molecule has 2 aromatic rings. The molecule has 1 atom stereocenters. The lowest BCUT2D eigenvalue weighted by atomic mass is 10.1. The largest absolute Gasteiger partial charge is 0.453 e. The van der Waals surface area contributed by atoms with Gasteiger partial charge in [0.2, 0.25) is 10.0 Å². The quantitative estimate of drug-likeness (QED) is 0.747. The van der Waals surface area contributed by atoms with Gasteiger partial charge >= 0.3 is 6.09 Å². The lowest BCUT2D eigenvalue weighted by molar-refractivity contribution is 0.107. The monoisotopic (exact) mass is 398 g/mol. The van der Waals surface area contributed by atoms with Crippen molar-refractivity contribution in [1.82, 2.24) is 4.72 Å². The number of benzene rings is 2. The Morgan fingerprint density at radius 1 is 1.12 bits per heavy atom. The van der Waals surface area contributed by atoms with Crippen LogP contribution < -0.4 is 10.0 Å². The van der Waals surface area contributed by atoms with Gasteiger partial charge < -0.3 is 9.47 Å². The molecule has 2 rings (SSSR count). The van der Waals surface area contributed by atoms with Crippen molar-refractivity contribution < 1.29 is 22.7 Å². The molecule has 0 radical (unpaired) electrons. The Labute approximate surface area is 157 Å². The van der Waals surface area contributed by atoms with Gasteiger partial charge in [0.15, 0.2) is 0 Å². The highest BCUT2D eigenvalue weighted by Crippen LogP contribution is 2.25. The van der Waals surface area contributed by atoms with Crippen LogP contribution in [-0.2, 0) is 19.5 Å². The number of amides is 1. The Hall–Kier alpha value is -2.13. The Balaban J connectivity index is 2.08. The number of halogens is 1. The summed E-state index contributed by atoms with van der Waals surface area (Å²) >= 11 is 6.13. The first-order valence-corrected chi connectivity index (χ1v) is 9.45. The molecule has 0 bridgehead atoms. The smallest absolute Gasteiger partial charge is 0.411 e. The van der Waals surface area contributed by atoms with Gasteiger partial charge in [-0.15, -0.1) is 0 Å². The minimum absolute atomic E-state index is 0.0186. The molecule has 0 aromatic heterocycles. The molecule has 7 nitrogen and oxygen atoms in total. The van der Waals surface area contributed by atoms with Crippen molar-refractivity contribution in [2.75, 3.05) is 26.1 Å². The van der Waals surface area contributed by atoms with E-state index >= 15 is 0 Å². The van der Waals surface area contributed by atoms with E-state index in [4.69, 9.17) is 16.3 Å². The van der Waals surface area contributed by atoms with Crippen LogP contribution in [0.1, 0.15) is 11.7 Å². The second kappa shape index (κ2) is 9.00. The van der Waals surface area contributed by atoms with E-state index in [1.165, 1.54) is 38.5 Å². The van der Waals surface area contributed by atoms with Crippen LogP contribution in [0.2, 0.25) is 5.02 Å². The molecule has 1 amide bonds. The van der Waals surface area contributed by atoms with Crippen LogP contribution in [0.15, 0.2) is 53.4 Å². The zero-order valence-corrected chi connectivity index (χ0v) is 15.8. The second-order valence-electron chi connectivity index (χ2n) is 5.24. The highest BCUT2D eigenvalue weighted by molar-refractivity contribution is 7.89. The highest BCUT2D eigenvalue weighted by atomic mass is 35.5. The maximum absolute atomic E-state index is 12.4. The van der Waals surface area contributed by atoms with Gasteiger partial charge in [0.05, 0.1) is 18.1 Å². The molecule has 0 heterocycles. The van der Waals surface area contributed by atoms with E-state index in [-0.39, 0.29) is 11.4 Å². The minimum atomic E-state index is -3.75. The third-order valence-electron chi connectivity index (χ3n) is 3.59. The lowest BCUT2D eigenvalue weighted by Crippen LogP contribution is -2.29. The average Bonchev–Trinajstić information content (AvgIpc) is 2.64. The molecule has 0 saturated heterocycles. The first kappa shape index (κ1) is 20.2. The van der Waals surface area contributed by atoms with Gasteiger partial charge in [-0.1, -0.05) is 29.8 Å². The van der Waals surface area contributed by atoms with Gasteiger partial charge in [0.1, 0.15) is 0 Å². The molecule has 0 aliphatic heterocycles. The molecule has 0 unspecified atom stereocenters. The summed E-state index contributed by atoms with van der Waals surface area (Å²) in [6.45, 7) is 0.0186. The molecular weight excluding hydrogens is 380 g/mol. The van der Waals surface area contributed by atoms with Gasteiger partial charge in [-0.2, -0.15) is 0 Å². The Kier molecular flexibility index (Phi) is 6.98. The van der Waals surface area contributed by atoms with Crippen LogP contribution in [0.3, 0.4) is 0 Å². The van der Waals surface area contributed by atoms with E-state index in [1.807, 2.05) is 0 Å². The van der Waals surface area contributed by atoms with E-state index < -0.39 is 22.2 Å². The number of hydrogen-bond donors (Lipinski definition) is 2. The van der Waals surface area contributed by atoms with Gasteiger partial charge in [-0.3, -0.25) is 5.32 Å². The van der Waals surface area contributed by atoms with Crippen molar-refractivity contribution >= 4 is 33.4 Å². The molecule has 140 valence electrons. The van der Waals surface area contributed by atoms with Gasteiger partial charge in [0.25, 0.3) is 0 Å². The molecule has 0 aliphatic rings. The minimum Gasteiger partial charge on any atom is -0.453 e. The fourth-order valence-electron chi connectivity index (χ4n) is 2.21. The molecule has 0 fully saturated rings. The number of hydrogen-bond acceptors (Lipinski definition) is 5. The van der Waals surface area contributed by atoms with Crippen molar-refractivity contribution in [3.05, 3.63) is 59.1 Å². The zero-order chi connectivity index (χ0) is 19.2. The number of anilines is 1. The molecule has 2 aromatic carbocycles. The third-order valence-corrected chi connectivity index (χ3v) is 5.38. The second-order valence-corrected chi connectivity index (χ2v) is 7.41. The lowest BCUT2D eigenvalue weighted by Gasteiger charge is -2.18. The van der Waals surface area contributed by atoms with E-state index in [2.05, 4.69) is 14.8 Å². The first-order valence-electron chi connectivity index (χ1n) is 7.59. The fraction of sp³-hybridized carbons (Fsp3) is 0.235. The number of nitrogens with one attached hydrogen (secondary N) is 2. The van der Waals surface area contributed by atoms with Gasteiger partial charge in [-0.25, -0.2) is 17.9 Å². The summed E-state index contributed by atoms with van der Waals surface area (Å²) in [7, 11) is -1.03. The van der Waals surface area contributed by atoms with E-state index in [9.17, 15) is 13.2 Å². The summed E-state index contributed by atoms with van der Waals surface area (Å²) in [5, 5.41) is 2.94. The highest BCUT2D eigenvalue weighted by Gasteiger charge is 2.19. The van der Waals surface area contributed by atoms with E-state index in [0.29, 0.717) is 16.3 Å². The number of methoxy groups -OCH3 is 2. The van der Waals surface area contributed by atoms with Crippen LogP contribution >= 0.6 is 11.6 Å². The number of rotatable bonds is 7. The molecule has 2 N–H and O–H groups in total. The summed E-state index contributed by atoms with van der Waals surface area (Å²) < 4.78 is 37.2. The van der Waals surface area contributed by atoms with Crippen molar-refractivity contribution in [2.45, 2.75) is 11.0 Å². The van der Waals surface area contributed by atoms with Crippen LogP contribution in [0.4, 0.5) is 10.5 Å². The normalized spacial score (nSPS) is 12.4.